The zero-order valence-electron chi connectivity index (χ0n) is 10.8. The molecule has 2 N–H and O–H groups in total. The Morgan fingerprint density at radius 2 is 2.29 bits per heavy atom. The highest BCUT2D eigenvalue weighted by Gasteiger charge is 2.20. The van der Waals surface area contributed by atoms with Crippen LogP contribution in [0, 0.1) is 6.92 Å². The van der Waals surface area contributed by atoms with Crippen molar-refractivity contribution in [1.82, 2.24) is 4.90 Å². The second-order valence-corrected chi connectivity index (χ2v) is 4.96. The molecule has 1 aliphatic rings. The topological polar surface area (TPSA) is 38.5 Å². The van der Waals surface area contributed by atoms with Crippen LogP contribution in [0.2, 0.25) is 0 Å². The molecule has 1 fully saturated rings. The van der Waals surface area contributed by atoms with E-state index >= 15 is 0 Å². The first-order chi connectivity index (χ1) is 8.16. The summed E-state index contributed by atoms with van der Waals surface area (Å²) in [6.45, 7) is 4.01. The molecule has 1 atom stereocenters. The van der Waals surface area contributed by atoms with Crippen LogP contribution in [-0.4, -0.2) is 31.1 Å². The lowest BCUT2D eigenvalue weighted by atomic mass is 10.1. The van der Waals surface area contributed by atoms with E-state index < -0.39 is 0 Å². The van der Waals surface area contributed by atoms with E-state index in [0.717, 1.165) is 24.5 Å². The minimum Gasteiger partial charge on any atom is -0.491 e. The van der Waals surface area contributed by atoms with Crippen LogP contribution in [-0.2, 0) is 0 Å². The second-order valence-electron chi connectivity index (χ2n) is 4.96. The first-order valence-electron chi connectivity index (χ1n) is 6.36. The van der Waals surface area contributed by atoms with Gasteiger partial charge in [-0.1, -0.05) is 6.07 Å². The molecule has 1 saturated heterocycles. The van der Waals surface area contributed by atoms with Crippen LogP contribution in [0.1, 0.15) is 24.8 Å². The third-order valence-electron chi connectivity index (χ3n) is 3.55. The van der Waals surface area contributed by atoms with Gasteiger partial charge < -0.3 is 15.4 Å². The van der Waals surface area contributed by atoms with Crippen molar-refractivity contribution in [2.45, 2.75) is 32.2 Å². The molecule has 1 unspecified atom stereocenters. The van der Waals surface area contributed by atoms with E-state index in [1.165, 1.54) is 24.9 Å². The van der Waals surface area contributed by atoms with Crippen LogP contribution in [0.5, 0.6) is 5.75 Å². The van der Waals surface area contributed by atoms with Gasteiger partial charge in [-0.3, -0.25) is 0 Å². The SMILES string of the molecule is Cc1ccc(OCCC2CCCN2C)c(N)c1. The largest absolute Gasteiger partial charge is 0.491 e. The van der Waals surface area contributed by atoms with Crippen molar-refractivity contribution >= 4 is 5.69 Å². The standard InChI is InChI=1S/C14H22N2O/c1-11-5-6-14(13(15)10-11)17-9-7-12-4-3-8-16(12)2/h5-6,10,12H,3-4,7-9,15H2,1-2H3. The summed E-state index contributed by atoms with van der Waals surface area (Å²) >= 11 is 0. The molecule has 0 spiro atoms. The van der Waals surface area contributed by atoms with Crippen molar-refractivity contribution in [1.29, 1.82) is 0 Å². The number of hydrogen-bond donors (Lipinski definition) is 1. The highest BCUT2D eigenvalue weighted by molar-refractivity contribution is 5.53. The fourth-order valence-corrected chi connectivity index (χ4v) is 2.45. The third kappa shape index (κ3) is 3.13. The van der Waals surface area contributed by atoms with Crippen LogP contribution < -0.4 is 10.5 Å². The summed E-state index contributed by atoms with van der Waals surface area (Å²) < 4.78 is 5.75. The van der Waals surface area contributed by atoms with Gasteiger partial charge in [0.05, 0.1) is 12.3 Å². The fraction of sp³-hybridized carbons (Fsp3) is 0.571. The van der Waals surface area contributed by atoms with Gasteiger partial charge in [0, 0.05) is 6.04 Å². The third-order valence-corrected chi connectivity index (χ3v) is 3.55. The summed E-state index contributed by atoms with van der Waals surface area (Å²) in [4.78, 5) is 2.42. The number of nitrogens with two attached hydrogens (primary N) is 1. The quantitative estimate of drug-likeness (QED) is 0.813. The van der Waals surface area contributed by atoms with Crippen LogP contribution in [0.3, 0.4) is 0 Å². The molecule has 1 aliphatic heterocycles. The molecule has 94 valence electrons. The van der Waals surface area contributed by atoms with Gasteiger partial charge in [0.25, 0.3) is 0 Å². The van der Waals surface area contributed by atoms with Crippen molar-refractivity contribution in [3.63, 3.8) is 0 Å². The predicted octanol–water partition coefficient (Wildman–Crippen LogP) is 2.44. The first-order valence-corrected chi connectivity index (χ1v) is 6.36. The van der Waals surface area contributed by atoms with Crippen molar-refractivity contribution in [2.24, 2.45) is 0 Å². The van der Waals surface area contributed by atoms with E-state index in [-0.39, 0.29) is 0 Å². The Morgan fingerprint density at radius 1 is 1.47 bits per heavy atom. The lowest BCUT2D eigenvalue weighted by Gasteiger charge is -2.19. The Hall–Kier alpha value is -1.22. The number of rotatable bonds is 4. The van der Waals surface area contributed by atoms with E-state index in [1.807, 2.05) is 25.1 Å². The number of ether oxygens (including phenoxy) is 1. The number of nitrogens with zero attached hydrogens (tertiary/aromatic N) is 1. The average molecular weight is 234 g/mol. The molecule has 0 aromatic heterocycles. The van der Waals surface area contributed by atoms with Crippen LogP contribution >= 0.6 is 0 Å². The van der Waals surface area contributed by atoms with Gasteiger partial charge in [0.15, 0.2) is 0 Å². The number of benzene rings is 1. The first kappa shape index (κ1) is 12.2. The van der Waals surface area contributed by atoms with Gasteiger partial charge in [-0.05, 0) is 57.5 Å². The fourth-order valence-electron chi connectivity index (χ4n) is 2.45. The summed E-state index contributed by atoms with van der Waals surface area (Å²) in [7, 11) is 2.19. The molecule has 1 aromatic rings. The molecule has 0 saturated carbocycles. The molecular weight excluding hydrogens is 212 g/mol. The van der Waals surface area contributed by atoms with E-state index in [9.17, 15) is 0 Å². The minimum atomic E-state index is 0.682. The highest BCUT2D eigenvalue weighted by atomic mass is 16.5. The molecule has 3 nitrogen and oxygen atoms in total. The smallest absolute Gasteiger partial charge is 0.142 e. The van der Waals surface area contributed by atoms with Gasteiger partial charge in [-0.25, -0.2) is 0 Å². The van der Waals surface area contributed by atoms with Crippen molar-refractivity contribution in [3.05, 3.63) is 23.8 Å². The minimum absolute atomic E-state index is 0.682. The number of likely N-dealkylation sites (tertiary alicyclic amines) is 1. The number of anilines is 1. The van der Waals surface area contributed by atoms with Crippen LogP contribution in [0.4, 0.5) is 5.69 Å². The molecule has 1 heterocycles. The summed E-state index contributed by atoms with van der Waals surface area (Å²) in [6, 6.07) is 6.63. The molecule has 0 aliphatic carbocycles. The second kappa shape index (κ2) is 5.41. The zero-order chi connectivity index (χ0) is 12.3. The number of hydrogen-bond acceptors (Lipinski definition) is 3. The Balaban J connectivity index is 1.81. The molecule has 0 bridgehead atoms. The van der Waals surface area contributed by atoms with E-state index in [2.05, 4.69) is 11.9 Å². The van der Waals surface area contributed by atoms with Crippen LogP contribution in [0.25, 0.3) is 0 Å². The molecule has 1 aromatic carbocycles. The maximum absolute atomic E-state index is 5.91. The molecule has 0 radical (unpaired) electrons. The predicted molar refractivity (Wildman–Crippen MR) is 71.4 cm³/mol. The summed E-state index contributed by atoms with van der Waals surface area (Å²) in [5.41, 5.74) is 7.82. The van der Waals surface area contributed by atoms with Gasteiger partial charge in [-0.15, -0.1) is 0 Å². The van der Waals surface area contributed by atoms with Crippen molar-refractivity contribution < 1.29 is 4.74 Å². The average Bonchev–Trinajstić information content (AvgIpc) is 2.68. The highest BCUT2D eigenvalue weighted by Crippen LogP contribution is 2.23. The van der Waals surface area contributed by atoms with Crippen molar-refractivity contribution in [3.8, 4) is 5.75 Å². The molecule has 3 heteroatoms. The van der Waals surface area contributed by atoms with Crippen molar-refractivity contribution in [2.75, 3.05) is 25.9 Å². The van der Waals surface area contributed by atoms with Crippen LogP contribution in [0.15, 0.2) is 18.2 Å². The van der Waals surface area contributed by atoms with E-state index in [1.54, 1.807) is 0 Å². The maximum atomic E-state index is 5.91. The number of nitrogen functional groups attached to an aromatic ring is 1. The lowest BCUT2D eigenvalue weighted by molar-refractivity contribution is 0.234. The normalized spacial score (nSPS) is 20.7. The Kier molecular flexibility index (Phi) is 3.89. The Labute approximate surface area is 104 Å². The van der Waals surface area contributed by atoms with E-state index in [4.69, 9.17) is 10.5 Å². The van der Waals surface area contributed by atoms with Gasteiger partial charge in [0.2, 0.25) is 0 Å². The Bertz CT molecular complexity index is 378. The molecule has 2 rings (SSSR count). The van der Waals surface area contributed by atoms with E-state index in [0.29, 0.717) is 6.04 Å². The summed E-state index contributed by atoms with van der Waals surface area (Å²) in [5.74, 6) is 0.816. The van der Waals surface area contributed by atoms with Gasteiger partial charge in [0.1, 0.15) is 5.75 Å². The lowest BCUT2D eigenvalue weighted by Crippen LogP contribution is -2.26. The maximum Gasteiger partial charge on any atom is 0.142 e. The van der Waals surface area contributed by atoms with Gasteiger partial charge >= 0.3 is 0 Å². The molecule has 17 heavy (non-hydrogen) atoms. The monoisotopic (exact) mass is 234 g/mol. The Morgan fingerprint density at radius 3 is 2.94 bits per heavy atom. The van der Waals surface area contributed by atoms with Gasteiger partial charge in [-0.2, -0.15) is 0 Å². The summed E-state index contributed by atoms with van der Waals surface area (Å²) in [5, 5.41) is 0. The number of aryl methyl sites for hydroxylation is 1. The zero-order valence-corrected chi connectivity index (χ0v) is 10.8. The molecule has 0 amide bonds. The molecular formula is C14H22N2O. The summed E-state index contributed by atoms with van der Waals surface area (Å²) in [6.07, 6.45) is 3.70.